The SMILES string of the molecule is CCc1cnc(CCNC(=O)CCC2CCNCC2)s1. The molecule has 20 heavy (non-hydrogen) atoms. The number of piperidine rings is 1. The lowest BCUT2D eigenvalue weighted by molar-refractivity contribution is -0.121. The van der Waals surface area contributed by atoms with E-state index in [0.29, 0.717) is 13.0 Å². The highest BCUT2D eigenvalue weighted by Crippen LogP contribution is 2.17. The van der Waals surface area contributed by atoms with Gasteiger partial charge in [-0.2, -0.15) is 0 Å². The van der Waals surface area contributed by atoms with Crippen LogP contribution in [0, 0.1) is 5.92 Å². The van der Waals surface area contributed by atoms with Crippen LogP contribution >= 0.6 is 11.3 Å². The van der Waals surface area contributed by atoms with E-state index in [9.17, 15) is 4.79 Å². The van der Waals surface area contributed by atoms with Gasteiger partial charge in [-0.3, -0.25) is 4.79 Å². The fraction of sp³-hybridized carbons (Fsp3) is 0.733. The third-order valence-corrected chi connectivity index (χ3v) is 5.05. The number of rotatable bonds is 7. The average Bonchev–Trinajstić information content (AvgIpc) is 2.94. The maximum absolute atomic E-state index is 11.8. The van der Waals surface area contributed by atoms with Crippen molar-refractivity contribution < 1.29 is 4.79 Å². The number of nitrogens with zero attached hydrogens (tertiary/aromatic N) is 1. The molecule has 0 radical (unpaired) electrons. The first-order valence-electron chi connectivity index (χ1n) is 7.69. The number of amides is 1. The van der Waals surface area contributed by atoms with Gasteiger partial charge < -0.3 is 10.6 Å². The highest BCUT2D eigenvalue weighted by Gasteiger charge is 2.14. The van der Waals surface area contributed by atoms with Gasteiger partial charge >= 0.3 is 0 Å². The number of hydrogen-bond donors (Lipinski definition) is 2. The minimum Gasteiger partial charge on any atom is -0.356 e. The second-order valence-electron chi connectivity index (χ2n) is 5.41. The average molecular weight is 295 g/mol. The van der Waals surface area contributed by atoms with Gasteiger partial charge in [0.1, 0.15) is 0 Å². The van der Waals surface area contributed by atoms with E-state index in [4.69, 9.17) is 0 Å². The van der Waals surface area contributed by atoms with Crippen LogP contribution in [0.15, 0.2) is 6.20 Å². The molecule has 1 fully saturated rings. The molecule has 2 heterocycles. The molecule has 0 aromatic carbocycles. The molecule has 2 N–H and O–H groups in total. The van der Waals surface area contributed by atoms with E-state index in [2.05, 4.69) is 22.5 Å². The molecule has 0 saturated carbocycles. The van der Waals surface area contributed by atoms with Gasteiger partial charge in [0.2, 0.25) is 5.91 Å². The summed E-state index contributed by atoms with van der Waals surface area (Å²) < 4.78 is 0. The van der Waals surface area contributed by atoms with Crippen molar-refractivity contribution in [1.29, 1.82) is 0 Å². The molecule has 112 valence electrons. The summed E-state index contributed by atoms with van der Waals surface area (Å²) in [4.78, 5) is 17.5. The molecule has 1 aromatic rings. The molecular formula is C15H25N3OS. The number of aromatic nitrogens is 1. The predicted octanol–water partition coefficient (Wildman–Crippen LogP) is 2.14. The summed E-state index contributed by atoms with van der Waals surface area (Å²) in [5.41, 5.74) is 0. The van der Waals surface area contributed by atoms with Gasteiger partial charge in [0.05, 0.1) is 5.01 Å². The van der Waals surface area contributed by atoms with Crippen LogP contribution in [0.2, 0.25) is 0 Å². The Balaban J connectivity index is 1.57. The standard InChI is InChI=1S/C15H25N3OS/c1-2-13-11-18-15(20-13)7-10-17-14(19)4-3-12-5-8-16-9-6-12/h11-12,16H,2-10H2,1H3,(H,17,19). The first kappa shape index (κ1) is 15.4. The van der Waals surface area contributed by atoms with Crippen LogP contribution in [-0.2, 0) is 17.6 Å². The lowest BCUT2D eigenvalue weighted by atomic mass is 9.93. The van der Waals surface area contributed by atoms with Crippen molar-refractivity contribution in [2.75, 3.05) is 19.6 Å². The van der Waals surface area contributed by atoms with E-state index >= 15 is 0 Å². The molecule has 1 aromatic heterocycles. The zero-order chi connectivity index (χ0) is 14.2. The van der Waals surface area contributed by atoms with E-state index < -0.39 is 0 Å². The zero-order valence-electron chi connectivity index (χ0n) is 12.3. The predicted molar refractivity (Wildman–Crippen MR) is 83.0 cm³/mol. The molecule has 0 atom stereocenters. The largest absolute Gasteiger partial charge is 0.356 e. The van der Waals surface area contributed by atoms with Gasteiger partial charge in [-0.05, 0) is 44.7 Å². The molecule has 0 bridgehead atoms. The van der Waals surface area contributed by atoms with E-state index in [0.717, 1.165) is 43.3 Å². The molecule has 0 spiro atoms. The summed E-state index contributed by atoms with van der Waals surface area (Å²) in [7, 11) is 0. The summed E-state index contributed by atoms with van der Waals surface area (Å²) in [5.74, 6) is 0.920. The molecule has 1 aliphatic heterocycles. The first-order chi connectivity index (χ1) is 9.78. The Morgan fingerprint density at radius 1 is 1.50 bits per heavy atom. The number of thiazole rings is 1. The number of carbonyl (C=O) groups is 1. The summed E-state index contributed by atoms with van der Waals surface area (Å²) >= 11 is 1.75. The molecule has 0 aliphatic carbocycles. The first-order valence-corrected chi connectivity index (χ1v) is 8.50. The minimum absolute atomic E-state index is 0.191. The van der Waals surface area contributed by atoms with Crippen LogP contribution < -0.4 is 10.6 Å². The van der Waals surface area contributed by atoms with E-state index in [1.54, 1.807) is 11.3 Å². The molecule has 0 unspecified atom stereocenters. The Hall–Kier alpha value is -0.940. The van der Waals surface area contributed by atoms with Crippen LogP contribution in [0.3, 0.4) is 0 Å². The summed E-state index contributed by atoms with van der Waals surface area (Å²) in [6, 6.07) is 0. The molecular weight excluding hydrogens is 270 g/mol. The van der Waals surface area contributed by atoms with Crippen molar-refractivity contribution in [3.63, 3.8) is 0 Å². The maximum Gasteiger partial charge on any atom is 0.220 e. The van der Waals surface area contributed by atoms with Crippen LogP contribution in [0.4, 0.5) is 0 Å². The minimum atomic E-state index is 0.191. The molecule has 5 heteroatoms. The van der Waals surface area contributed by atoms with Gasteiger partial charge in [-0.25, -0.2) is 4.98 Å². The summed E-state index contributed by atoms with van der Waals surface area (Å²) in [5, 5.41) is 7.49. The number of hydrogen-bond acceptors (Lipinski definition) is 4. The molecule has 2 rings (SSSR count). The third kappa shape index (κ3) is 5.21. The Morgan fingerprint density at radius 2 is 2.30 bits per heavy atom. The van der Waals surface area contributed by atoms with Gasteiger partial charge in [0, 0.05) is 30.5 Å². The Kier molecular flexibility index (Phi) is 6.47. The summed E-state index contributed by atoms with van der Waals surface area (Å²) in [6.07, 6.45) is 7.97. The monoisotopic (exact) mass is 295 g/mol. The van der Waals surface area contributed by atoms with Crippen molar-refractivity contribution in [3.05, 3.63) is 16.1 Å². The lowest BCUT2D eigenvalue weighted by Gasteiger charge is -2.22. The maximum atomic E-state index is 11.8. The molecule has 4 nitrogen and oxygen atoms in total. The molecule has 1 saturated heterocycles. The fourth-order valence-electron chi connectivity index (χ4n) is 2.53. The smallest absolute Gasteiger partial charge is 0.220 e. The normalized spacial score (nSPS) is 16.2. The third-order valence-electron chi connectivity index (χ3n) is 3.85. The molecule has 1 aliphatic rings. The van der Waals surface area contributed by atoms with Gasteiger partial charge in [-0.15, -0.1) is 11.3 Å². The topological polar surface area (TPSA) is 54.0 Å². The lowest BCUT2D eigenvalue weighted by Crippen LogP contribution is -2.30. The van der Waals surface area contributed by atoms with Crippen molar-refractivity contribution >= 4 is 17.2 Å². The van der Waals surface area contributed by atoms with Gasteiger partial charge in [-0.1, -0.05) is 6.92 Å². The second-order valence-corrected chi connectivity index (χ2v) is 6.61. The van der Waals surface area contributed by atoms with Crippen LogP contribution in [0.1, 0.15) is 42.5 Å². The van der Waals surface area contributed by atoms with Crippen LogP contribution in [-0.4, -0.2) is 30.5 Å². The Labute approximate surface area is 125 Å². The van der Waals surface area contributed by atoms with Crippen molar-refractivity contribution in [2.24, 2.45) is 5.92 Å². The van der Waals surface area contributed by atoms with Gasteiger partial charge in [0.25, 0.3) is 0 Å². The fourth-order valence-corrected chi connectivity index (χ4v) is 3.39. The van der Waals surface area contributed by atoms with Crippen molar-refractivity contribution in [2.45, 2.75) is 45.4 Å². The van der Waals surface area contributed by atoms with Gasteiger partial charge in [0.15, 0.2) is 0 Å². The van der Waals surface area contributed by atoms with E-state index in [-0.39, 0.29) is 5.91 Å². The van der Waals surface area contributed by atoms with Crippen molar-refractivity contribution in [1.82, 2.24) is 15.6 Å². The van der Waals surface area contributed by atoms with Crippen LogP contribution in [0.25, 0.3) is 0 Å². The quantitative estimate of drug-likeness (QED) is 0.810. The second kappa shape index (κ2) is 8.37. The van der Waals surface area contributed by atoms with Crippen molar-refractivity contribution in [3.8, 4) is 0 Å². The Morgan fingerprint density at radius 3 is 3.00 bits per heavy atom. The van der Waals surface area contributed by atoms with E-state index in [1.807, 2.05) is 6.20 Å². The van der Waals surface area contributed by atoms with E-state index in [1.165, 1.54) is 17.7 Å². The highest BCUT2D eigenvalue weighted by atomic mass is 32.1. The highest BCUT2D eigenvalue weighted by molar-refractivity contribution is 7.11. The summed E-state index contributed by atoms with van der Waals surface area (Å²) in [6.45, 7) is 5.06. The number of nitrogens with one attached hydrogen (secondary N) is 2. The number of aryl methyl sites for hydroxylation is 1. The zero-order valence-corrected chi connectivity index (χ0v) is 13.1. The number of carbonyl (C=O) groups excluding carboxylic acids is 1. The Bertz CT molecular complexity index is 413. The molecule has 1 amide bonds. The van der Waals surface area contributed by atoms with Crippen LogP contribution in [0.5, 0.6) is 0 Å².